The van der Waals surface area contributed by atoms with Crippen molar-refractivity contribution in [2.45, 2.75) is 52.2 Å². The smallest absolute Gasteiger partial charge is 0.169 e. The molecule has 0 spiro atoms. The third-order valence-electron chi connectivity index (χ3n) is 2.70. The monoisotopic (exact) mass is 188 g/mol. The van der Waals surface area contributed by atoms with Crippen molar-refractivity contribution >= 4 is 0 Å². The van der Waals surface area contributed by atoms with Crippen LogP contribution in [0.1, 0.15) is 46.5 Å². The van der Waals surface area contributed by atoms with E-state index in [-0.39, 0.29) is 5.79 Å². The first kappa shape index (κ1) is 12.9. The minimum atomic E-state index is -0.366. The molecule has 0 aromatic heterocycles. The van der Waals surface area contributed by atoms with Crippen molar-refractivity contribution in [3.8, 4) is 0 Å². The van der Waals surface area contributed by atoms with Gasteiger partial charge in [0.15, 0.2) is 5.79 Å². The van der Waals surface area contributed by atoms with Gasteiger partial charge >= 0.3 is 0 Å². The van der Waals surface area contributed by atoms with E-state index in [2.05, 4.69) is 20.8 Å². The third-order valence-corrected chi connectivity index (χ3v) is 2.70. The van der Waals surface area contributed by atoms with Crippen molar-refractivity contribution in [2.75, 3.05) is 14.2 Å². The minimum Gasteiger partial charge on any atom is -0.353 e. The molecule has 0 unspecified atom stereocenters. The first-order valence-electron chi connectivity index (χ1n) is 5.23. The Hall–Kier alpha value is -0.0800. The SMILES string of the molecule is CCCCCC(OC)(OC)C(C)C. The van der Waals surface area contributed by atoms with Crippen LogP contribution in [0.5, 0.6) is 0 Å². The number of hydrogen-bond donors (Lipinski definition) is 0. The topological polar surface area (TPSA) is 18.5 Å². The molecule has 0 N–H and O–H groups in total. The van der Waals surface area contributed by atoms with Crippen molar-refractivity contribution < 1.29 is 9.47 Å². The minimum absolute atomic E-state index is 0.366. The zero-order chi connectivity index (χ0) is 10.3. The van der Waals surface area contributed by atoms with E-state index in [1.165, 1.54) is 19.3 Å². The summed E-state index contributed by atoms with van der Waals surface area (Å²) in [5, 5.41) is 0. The van der Waals surface area contributed by atoms with Crippen LogP contribution in [-0.4, -0.2) is 20.0 Å². The molecule has 0 rings (SSSR count). The summed E-state index contributed by atoms with van der Waals surface area (Å²) >= 11 is 0. The highest BCUT2D eigenvalue weighted by atomic mass is 16.7. The van der Waals surface area contributed by atoms with Crippen molar-refractivity contribution in [3.63, 3.8) is 0 Å². The Morgan fingerprint density at radius 2 is 1.62 bits per heavy atom. The lowest BCUT2D eigenvalue weighted by Gasteiger charge is -2.34. The van der Waals surface area contributed by atoms with Gasteiger partial charge in [0.1, 0.15) is 0 Å². The van der Waals surface area contributed by atoms with Crippen LogP contribution in [0.15, 0.2) is 0 Å². The van der Waals surface area contributed by atoms with E-state index >= 15 is 0 Å². The summed E-state index contributed by atoms with van der Waals surface area (Å²) in [5.41, 5.74) is 0. The highest BCUT2D eigenvalue weighted by molar-refractivity contribution is 4.73. The van der Waals surface area contributed by atoms with Crippen LogP contribution < -0.4 is 0 Å². The Kier molecular flexibility index (Phi) is 6.35. The molecule has 0 fully saturated rings. The summed E-state index contributed by atoms with van der Waals surface area (Å²) < 4.78 is 10.9. The maximum absolute atomic E-state index is 5.47. The fourth-order valence-electron chi connectivity index (χ4n) is 1.67. The number of rotatable bonds is 7. The fourth-order valence-corrected chi connectivity index (χ4v) is 1.67. The maximum atomic E-state index is 5.47. The standard InChI is InChI=1S/C11H24O2/c1-6-7-8-9-11(12-4,13-5)10(2)3/h10H,6-9H2,1-5H3. The normalized spacial score (nSPS) is 12.5. The molecular formula is C11H24O2. The lowest BCUT2D eigenvalue weighted by molar-refractivity contribution is -0.237. The van der Waals surface area contributed by atoms with Crippen molar-refractivity contribution in [3.05, 3.63) is 0 Å². The van der Waals surface area contributed by atoms with E-state index < -0.39 is 0 Å². The van der Waals surface area contributed by atoms with Crippen molar-refractivity contribution in [2.24, 2.45) is 5.92 Å². The van der Waals surface area contributed by atoms with Crippen LogP contribution >= 0.6 is 0 Å². The van der Waals surface area contributed by atoms with Gasteiger partial charge in [0, 0.05) is 26.6 Å². The summed E-state index contributed by atoms with van der Waals surface area (Å²) in [4.78, 5) is 0. The molecule has 0 atom stereocenters. The van der Waals surface area contributed by atoms with Gasteiger partial charge in [-0.15, -0.1) is 0 Å². The lowest BCUT2D eigenvalue weighted by atomic mass is 9.96. The van der Waals surface area contributed by atoms with E-state index in [1.807, 2.05) is 0 Å². The Bertz CT molecular complexity index is 117. The number of hydrogen-bond acceptors (Lipinski definition) is 2. The number of methoxy groups -OCH3 is 2. The maximum Gasteiger partial charge on any atom is 0.169 e. The van der Waals surface area contributed by atoms with Gasteiger partial charge in [0.25, 0.3) is 0 Å². The molecule has 2 heteroatoms. The van der Waals surface area contributed by atoms with Gasteiger partial charge in [-0.25, -0.2) is 0 Å². The molecule has 0 aromatic rings. The zero-order valence-electron chi connectivity index (χ0n) is 9.72. The van der Waals surface area contributed by atoms with E-state index in [0.29, 0.717) is 5.92 Å². The molecule has 2 nitrogen and oxygen atoms in total. The van der Waals surface area contributed by atoms with Gasteiger partial charge in [0.2, 0.25) is 0 Å². The second-order valence-electron chi connectivity index (χ2n) is 3.83. The summed E-state index contributed by atoms with van der Waals surface area (Å²) in [6.07, 6.45) is 4.66. The average Bonchev–Trinajstić information content (AvgIpc) is 2.13. The molecule has 0 aliphatic carbocycles. The van der Waals surface area contributed by atoms with Crippen LogP contribution in [0, 0.1) is 5.92 Å². The summed E-state index contributed by atoms with van der Waals surface area (Å²) in [6.45, 7) is 6.48. The van der Waals surface area contributed by atoms with Crippen LogP contribution in [0.2, 0.25) is 0 Å². The van der Waals surface area contributed by atoms with Crippen LogP contribution in [0.4, 0.5) is 0 Å². The van der Waals surface area contributed by atoms with Gasteiger partial charge in [-0.05, 0) is 6.42 Å². The quantitative estimate of drug-likeness (QED) is 0.451. The van der Waals surface area contributed by atoms with E-state index in [9.17, 15) is 0 Å². The molecule has 13 heavy (non-hydrogen) atoms. The van der Waals surface area contributed by atoms with Gasteiger partial charge in [0.05, 0.1) is 0 Å². The van der Waals surface area contributed by atoms with E-state index in [0.717, 1.165) is 6.42 Å². The van der Waals surface area contributed by atoms with Gasteiger partial charge in [-0.3, -0.25) is 0 Å². The van der Waals surface area contributed by atoms with Crippen molar-refractivity contribution in [1.29, 1.82) is 0 Å². The fraction of sp³-hybridized carbons (Fsp3) is 1.00. The molecule has 0 amide bonds. The summed E-state index contributed by atoms with van der Waals surface area (Å²) in [6, 6.07) is 0. The largest absolute Gasteiger partial charge is 0.353 e. The van der Waals surface area contributed by atoms with Gasteiger partial charge in [-0.2, -0.15) is 0 Å². The highest BCUT2D eigenvalue weighted by Crippen LogP contribution is 2.28. The predicted octanol–water partition coefficient (Wildman–Crippen LogP) is 3.21. The molecule has 0 aliphatic rings. The average molecular weight is 188 g/mol. The molecular weight excluding hydrogens is 164 g/mol. The molecule has 0 radical (unpaired) electrons. The Labute approximate surface area is 82.6 Å². The van der Waals surface area contributed by atoms with Gasteiger partial charge in [-0.1, -0.05) is 33.6 Å². The zero-order valence-corrected chi connectivity index (χ0v) is 9.72. The predicted molar refractivity (Wildman–Crippen MR) is 55.7 cm³/mol. The molecule has 0 aromatic carbocycles. The Morgan fingerprint density at radius 3 is 1.92 bits per heavy atom. The van der Waals surface area contributed by atoms with Crippen molar-refractivity contribution in [1.82, 2.24) is 0 Å². The first-order chi connectivity index (χ1) is 6.13. The van der Waals surface area contributed by atoms with E-state index in [4.69, 9.17) is 9.47 Å². The second kappa shape index (κ2) is 6.39. The first-order valence-corrected chi connectivity index (χ1v) is 5.23. The van der Waals surface area contributed by atoms with Gasteiger partial charge < -0.3 is 9.47 Å². The molecule has 0 bridgehead atoms. The van der Waals surface area contributed by atoms with Crippen LogP contribution in [0.3, 0.4) is 0 Å². The molecule has 0 saturated heterocycles. The molecule has 80 valence electrons. The lowest BCUT2D eigenvalue weighted by Crippen LogP contribution is -2.39. The molecule has 0 aliphatic heterocycles. The van der Waals surface area contributed by atoms with Crippen LogP contribution in [0.25, 0.3) is 0 Å². The number of ether oxygens (including phenoxy) is 2. The second-order valence-corrected chi connectivity index (χ2v) is 3.83. The summed E-state index contributed by atoms with van der Waals surface area (Å²) in [7, 11) is 3.46. The molecule has 0 saturated carbocycles. The highest BCUT2D eigenvalue weighted by Gasteiger charge is 2.32. The van der Waals surface area contributed by atoms with E-state index in [1.54, 1.807) is 14.2 Å². The third kappa shape index (κ3) is 3.65. The Balaban J connectivity index is 4.06. The van der Waals surface area contributed by atoms with Crippen LogP contribution in [-0.2, 0) is 9.47 Å². The summed E-state index contributed by atoms with van der Waals surface area (Å²) in [5.74, 6) is 0.0363. The number of unbranched alkanes of at least 4 members (excludes halogenated alkanes) is 2. The molecule has 0 heterocycles. The Morgan fingerprint density at radius 1 is 1.08 bits per heavy atom.